The fourth-order valence-corrected chi connectivity index (χ4v) is 2.37. The Morgan fingerprint density at radius 1 is 1.19 bits per heavy atom. The molecule has 78 valence electrons. The summed E-state index contributed by atoms with van der Waals surface area (Å²) in [4.78, 5) is 12.3. The van der Waals surface area contributed by atoms with E-state index in [1.165, 1.54) is 0 Å². The van der Waals surface area contributed by atoms with Crippen molar-refractivity contribution in [3.63, 3.8) is 0 Å². The summed E-state index contributed by atoms with van der Waals surface area (Å²) in [6.07, 6.45) is 12.2. The van der Waals surface area contributed by atoms with E-state index in [1.54, 1.807) is 0 Å². The summed E-state index contributed by atoms with van der Waals surface area (Å²) in [5.74, 6) is 5.28. The summed E-state index contributed by atoms with van der Waals surface area (Å²) >= 11 is 0. The van der Waals surface area contributed by atoms with E-state index in [9.17, 15) is 4.79 Å². The molecule has 0 atom stereocenters. The minimum Gasteiger partial charge on any atom is -0.293 e. The predicted molar refractivity (Wildman–Crippen MR) is 63.8 cm³/mol. The van der Waals surface area contributed by atoms with Gasteiger partial charge < -0.3 is 0 Å². The Labute approximate surface area is 95.9 Å². The highest BCUT2D eigenvalue weighted by Gasteiger charge is 2.43. The lowest BCUT2D eigenvalue weighted by Crippen LogP contribution is -2.27. The minimum absolute atomic E-state index is 0.110. The van der Waals surface area contributed by atoms with Crippen LogP contribution in [0.5, 0.6) is 0 Å². The second kappa shape index (κ2) is 3.87. The maximum atomic E-state index is 12.3. The van der Waals surface area contributed by atoms with E-state index in [0.717, 1.165) is 11.1 Å². The van der Waals surface area contributed by atoms with Crippen LogP contribution in [0, 0.1) is 30.1 Å². The molecule has 1 aliphatic rings. The maximum Gasteiger partial charge on any atom is 0.171 e. The Bertz CT molecular complexity index is 495. The van der Waals surface area contributed by atoms with E-state index in [2.05, 4.69) is 11.8 Å². The molecule has 0 amide bonds. The first-order valence-electron chi connectivity index (χ1n) is 5.23. The molecule has 0 bridgehead atoms. The Balaban J connectivity index is 2.46. The zero-order valence-electron chi connectivity index (χ0n) is 8.99. The van der Waals surface area contributed by atoms with Gasteiger partial charge in [-0.3, -0.25) is 4.79 Å². The largest absolute Gasteiger partial charge is 0.293 e. The molecule has 0 heterocycles. The van der Waals surface area contributed by atoms with E-state index < -0.39 is 5.41 Å². The van der Waals surface area contributed by atoms with Gasteiger partial charge in [0.15, 0.2) is 5.78 Å². The number of terminal acetylenes is 2. The van der Waals surface area contributed by atoms with Gasteiger partial charge in [-0.05, 0) is 12.0 Å². The normalized spacial score (nSPS) is 16.2. The van der Waals surface area contributed by atoms with Crippen molar-refractivity contribution in [2.75, 3.05) is 0 Å². The van der Waals surface area contributed by atoms with Crippen LogP contribution in [0.1, 0.15) is 28.8 Å². The van der Waals surface area contributed by atoms with Crippen LogP contribution < -0.4 is 0 Å². The molecule has 16 heavy (non-hydrogen) atoms. The van der Waals surface area contributed by atoms with Crippen LogP contribution in [0.15, 0.2) is 24.3 Å². The Hall–Kier alpha value is -1.99. The monoisotopic (exact) mass is 208 g/mol. The topological polar surface area (TPSA) is 17.1 Å². The van der Waals surface area contributed by atoms with E-state index in [1.807, 2.05) is 24.3 Å². The number of rotatable bonds is 2. The number of hydrogen-bond donors (Lipinski definition) is 0. The zero-order valence-corrected chi connectivity index (χ0v) is 8.99. The number of carbonyl (C=O) groups excluding carboxylic acids is 1. The molecule has 2 rings (SSSR count). The number of carbonyl (C=O) groups is 1. The lowest BCUT2D eigenvalue weighted by molar-refractivity contribution is 0.0830. The number of Topliss-reactive ketones (excluding diaryl/α,β-unsaturated/α-hetero) is 1. The first kappa shape index (κ1) is 10.5. The summed E-state index contributed by atoms with van der Waals surface area (Å²) < 4.78 is 0. The molecule has 0 spiro atoms. The highest BCUT2D eigenvalue weighted by molar-refractivity contribution is 6.05. The van der Waals surface area contributed by atoms with E-state index in [-0.39, 0.29) is 5.78 Å². The lowest BCUT2D eigenvalue weighted by atomic mass is 9.78. The van der Waals surface area contributed by atoms with Gasteiger partial charge in [-0.1, -0.05) is 24.3 Å². The maximum absolute atomic E-state index is 12.3. The van der Waals surface area contributed by atoms with Gasteiger partial charge in [-0.2, -0.15) is 0 Å². The van der Waals surface area contributed by atoms with Gasteiger partial charge >= 0.3 is 0 Å². The molecule has 0 N–H and O–H groups in total. The van der Waals surface area contributed by atoms with Crippen LogP contribution in [0.3, 0.4) is 0 Å². The molecule has 1 aromatic carbocycles. The lowest BCUT2D eigenvalue weighted by Gasteiger charge is -2.21. The average Bonchev–Trinajstić information content (AvgIpc) is 2.54. The Morgan fingerprint density at radius 3 is 2.38 bits per heavy atom. The first-order valence-corrected chi connectivity index (χ1v) is 5.23. The number of ketones is 1. The fourth-order valence-electron chi connectivity index (χ4n) is 2.37. The molecule has 1 aromatic rings. The minimum atomic E-state index is -0.548. The van der Waals surface area contributed by atoms with E-state index in [0.29, 0.717) is 19.3 Å². The van der Waals surface area contributed by atoms with Crippen molar-refractivity contribution in [1.29, 1.82) is 0 Å². The molecule has 1 aliphatic carbocycles. The van der Waals surface area contributed by atoms with Crippen molar-refractivity contribution < 1.29 is 4.79 Å². The molecular weight excluding hydrogens is 196 g/mol. The molecule has 0 fully saturated rings. The average molecular weight is 208 g/mol. The van der Waals surface area contributed by atoms with Crippen LogP contribution in [-0.2, 0) is 6.42 Å². The second-order valence-corrected chi connectivity index (χ2v) is 4.21. The summed E-state index contributed by atoms with van der Waals surface area (Å²) in [6, 6.07) is 7.64. The second-order valence-electron chi connectivity index (χ2n) is 4.21. The van der Waals surface area contributed by atoms with Crippen molar-refractivity contribution >= 4 is 5.78 Å². The van der Waals surface area contributed by atoms with Crippen LogP contribution in [-0.4, -0.2) is 5.78 Å². The molecule has 0 aromatic heterocycles. The van der Waals surface area contributed by atoms with Gasteiger partial charge in [0.2, 0.25) is 0 Å². The molecule has 0 aliphatic heterocycles. The molecule has 0 saturated carbocycles. The molecule has 1 nitrogen and oxygen atoms in total. The summed E-state index contributed by atoms with van der Waals surface area (Å²) in [6.45, 7) is 0. The molecular formula is C15H12O. The summed E-state index contributed by atoms with van der Waals surface area (Å²) in [5.41, 5.74) is 1.30. The third-order valence-corrected chi connectivity index (χ3v) is 3.15. The van der Waals surface area contributed by atoms with Gasteiger partial charge in [0.1, 0.15) is 0 Å². The fraction of sp³-hybridized carbons (Fsp3) is 0.267. The standard InChI is InChI=1S/C15H12O/c1-3-9-15(10-4-2)11-12-7-5-6-8-13(12)14(15)16/h1-2,5-8H,9-11H2. The van der Waals surface area contributed by atoms with E-state index >= 15 is 0 Å². The van der Waals surface area contributed by atoms with Gasteiger partial charge in [0.05, 0.1) is 5.41 Å². The van der Waals surface area contributed by atoms with Gasteiger partial charge in [0.25, 0.3) is 0 Å². The Morgan fingerprint density at radius 2 is 1.81 bits per heavy atom. The van der Waals surface area contributed by atoms with Gasteiger partial charge in [-0.25, -0.2) is 0 Å². The smallest absolute Gasteiger partial charge is 0.171 e. The third-order valence-electron chi connectivity index (χ3n) is 3.15. The highest BCUT2D eigenvalue weighted by Crippen LogP contribution is 2.41. The zero-order chi connectivity index (χ0) is 11.6. The molecule has 0 unspecified atom stereocenters. The summed E-state index contributed by atoms with van der Waals surface area (Å²) in [7, 11) is 0. The number of benzene rings is 1. The third kappa shape index (κ3) is 1.42. The molecule has 1 heteroatoms. The quantitative estimate of drug-likeness (QED) is 0.682. The van der Waals surface area contributed by atoms with Crippen LogP contribution in [0.4, 0.5) is 0 Å². The molecule has 0 saturated heterocycles. The van der Waals surface area contributed by atoms with Crippen molar-refractivity contribution in [1.82, 2.24) is 0 Å². The van der Waals surface area contributed by atoms with Crippen LogP contribution in [0.25, 0.3) is 0 Å². The number of hydrogen-bond acceptors (Lipinski definition) is 1. The first-order chi connectivity index (χ1) is 7.73. The van der Waals surface area contributed by atoms with Crippen LogP contribution >= 0.6 is 0 Å². The Kier molecular flexibility index (Phi) is 2.55. The van der Waals surface area contributed by atoms with Crippen molar-refractivity contribution in [2.24, 2.45) is 5.41 Å². The SMILES string of the molecule is C#CCC1(CC#C)Cc2ccccc2C1=O. The van der Waals surface area contributed by atoms with Crippen molar-refractivity contribution in [2.45, 2.75) is 19.3 Å². The highest BCUT2D eigenvalue weighted by atomic mass is 16.1. The summed E-state index contributed by atoms with van der Waals surface area (Å²) in [5, 5.41) is 0. The van der Waals surface area contributed by atoms with Crippen molar-refractivity contribution in [3.05, 3.63) is 35.4 Å². The van der Waals surface area contributed by atoms with Gasteiger partial charge in [-0.15, -0.1) is 24.7 Å². The molecule has 0 radical (unpaired) electrons. The van der Waals surface area contributed by atoms with Crippen molar-refractivity contribution in [3.8, 4) is 24.7 Å². The van der Waals surface area contributed by atoms with Crippen LogP contribution in [0.2, 0.25) is 0 Å². The van der Waals surface area contributed by atoms with Gasteiger partial charge in [0, 0.05) is 18.4 Å². The predicted octanol–water partition coefficient (Wildman–Crippen LogP) is 2.46. The van der Waals surface area contributed by atoms with E-state index in [4.69, 9.17) is 12.8 Å². The number of fused-ring (bicyclic) bond motifs is 1.